The van der Waals surface area contributed by atoms with Crippen LogP contribution in [0.5, 0.6) is 5.75 Å². The molecule has 0 spiro atoms. The first-order valence-electron chi connectivity index (χ1n) is 7.22. The lowest BCUT2D eigenvalue weighted by Gasteiger charge is -2.29. The van der Waals surface area contributed by atoms with Crippen molar-refractivity contribution >= 4 is 17.3 Å². The first-order valence-corrected chi connectivity index (χ1v) is 7.22. The Balaban J connectivity index is 1.81. The lowest BCUT2D eigenvalue weighted by molar-refractivity contribution is -0.116. The van der Waals surface area contributed by atoms with Crippen molar-refractivity contribution < 1.29 is 14.6 Å². The molecule has 0 saturated carbocycles. The Hall–Kier alpha value is -1.79. The third kappa shape index (κ3) is 4.61. The van der Waals surface area contributed by atoms with Gasteiger partial charge >= 0.3 is 0 Å². The van der Waals surface area contributed by atoms with Gasteiger partial charge in [0.2, 0.25) is 5.91 Å². The number of aliphatic hydroxyl groups excluding tert-OH is 1. The van der Waals surface area contributed by atoms with Gasteiger partial charge in [-0.15, -0.1) is 0 Å². The number of β-amino-alcohol motifs (C(OH)–C–C–N with tert-alkyl or cyclic N) is 1. The molecule has 1 aliphatic heterocycles. The van der Waals surface area contributed by atoms with Crippen LogP contribution in [-0.2, 0) is 4.79 Å². The number of hydrogen-bond acceptors (Lipinski definition) is 5. The Kier molecular flexibility index (Phi) is 5.41. The third-order valence-corrected chi connectivity index (χ3v) is 3.67. The summed E-state index contributed by atoms with van der Waals surface area (Å²) in [5.41, 5.74) is 6.94. The topological polar surface area (TPSA) is 87.8 Å². The van der Waals surface area contributed by atoms with Gasteiger partial charge in [0.15, 0.2) is 0 Å². The first kappa shape index (κ1) is 15.6. The Morgan fingerprint density at radius 1 is 1.57 bits per heavy atom. The summed E-state index contributed by atoms with van der Waals surface area (Å²) in [6, 6.07) is 5.17. The molecule has 116 valence electrons. The molecule has 0 bridgehead atoms. The molecule has 1 unspecified atom stereocenters. The highest BCUT2D eigenvalue weighted by atomic mass is 16.5. The number of ether oxygens (including phenoxy) is 1. The number of aliphatic hydroxyl groups is 1. The van der Waals surface area contributed by atoms with E-state index in [-0.39, 0.29) is 12.0 Å². The van der Waals surface area contributed by atoms with E-state index >= 15 is 0 Å². The zero-order valence-electron chi connectivity index (χ0n) is 12.3. The third-order valence-electron chi connectivity index (χ3n) is 3.67. The summed E-state index contributed by atoms with van der Waals surface area (Å²) in [4.78, 5) is 14.1. The van der Waals surface area contributed by atoms with Crippen molar-refractivity contribution in [2.24, 2.45) is 0 Å². The quantitative estimate of drug-likeness (QED) is 0.707. The highest BCUT2D eigenvalue weighted by molar-refractivity contribution is 5.94. The fourth-order valence-electron chi connectivity index (χ4n) is 2.49. The molecule has 1 fully saturated rings. The molecule has 1 aromatic rings. The number of hydrogen-bond donors (Lipinski definition) is 3. The number of amides is 1. The molecule has 21 heavy (non-hydrogen) atoms. The van der Waals surface area contributed by atoms with E-state index in [0.29, 0.717) is 36.6 Å². The summed E-state index contributed by atoms with van der Waals surface area (Å²) < 4.78 is 5.07. The van der Waals surface area contributed by atoms with Crippen LogP contribution in [0, 0.1) is 0 Å². The molecule has 1 aromatic carbocycles. The van der Waals surface area contributed by atoms with Crippen LogP contribution in [0.1, 0.15) is 19.3 Å². The number of methoxy groups -OCH3 is 1. The van der Waals surface area contributed by atoms with Crippen molar-refractivity contribution in [3.05, 3.63) is 18.2 Å². The molecule has 1 aliphatic rings. The summed E-state index contributed by atoms with van der Waals surface area (Å²) >= 11 is 0. The minimum absolute atomic E-state index is 0.0769. The van der Waals surface area contributed by atoms with Crippen LogP contribution in [0.4, 0.5) is 11.4 Å². The molecule has 1 heterocycles. The van der Waals surface area contributed by atoms with Crippen LogP contribution >= 0.6 is 0 Å². The molecular formula is C15H23N3O3. The number of nitrogens with zero attached hydrogens (tertiary/aromatic N) is 1. The Morgan fingerprint density at radius 3 is 3.05 bits per heavy atom. The fourth-order valence-corrected chi connectivity index (χ4v) is 2.49. The zero-order chi connectivity index (χ0) is 15.2. The predicted octanol–water partition coefficient (Wildman–Crippen LogP) is 1.06. The van der Waals surface area contributed by atoms with E-state index < -0.39 is 0 Å². The van der Waals surface area contributed by atoms with Crippen molar-refractivity contribution in [2.75, 3.05) is 37.8 Å². The van der Waals surface area contributed by atoms with Gasteiger partial charge in [-0.3, -0.25) is 4.79 Å². The maximum absolute atomic E-state index is 12.0. The minimum Gasteiger partial charge on any atom is -0.497 e. The number of carbonyl (C=O) groups excluding carboxylic acids is 1. The average molecular weight is 293 g/mol. The number of rotatable bonds is 5. The summed E-state index contributed by atoms with van der Waals surface area (Å²) in [6.45, 7) is 2.24. The Labute approximate surface area is 124 Å². The van der Waals surface area contributed by atoms with Gasteiger partial charge in [0.25, 0.3) is 0 Å². The number of carbonyl (C=O) groups is 1. The van der Waals surface area contributed by atoms with Gasteiger partial charge < -0.3 is 25.8 Å². The van der Waals surface area contributed by atoms with Crippen molar-refractivity contribution in [3.63, 3.8) is 0 Å². The summed E-state index contributed by atoms with van der Waals surface area (Å²) in [5, 5.41) is 12.4. The van der Waals surface area contributed by atoms with E-state index in [9.17, 15) is 9.90 Å². The van der Waals surface area contributed by atoms with E-state index in [1.807, 2.05) is 0 Å². The van der Waals surface area contributed by atoms with E-state index in [0.717, 1.165) is 19.4 Å². The van der Waals surface area contributed by atoms with E-state index in [4.69, 9.17) is 10.5 Å². The second-order valence-corrected chi connectivity index (χ2v) is 5.35. The summed E-state index contributed by atoms with van der Waals surface area (Å²) in [7, 11) is 1.57. The lowest BCUT2D eigenvalue weighted by atomic mass is 10.1. The van der Waals surface area contributed by atoms with E-state index in [2.05, 4.69) is 10.2 Å². The van der Waals surface area contributed by atoms with Crippen molar-refractivity contribution in [2.45, 2.75) is 25.4 Å². The summed E-state index contributed by atoms with van der Waals surface area (Å²) in [5.74, 6) is 0.583. The number of benzene rings is 1. The Bertz CT molecular complexity index is 493. The SMILES string of the molecule is COc1ccc(NC(=O)CCN2CCCC(O)C2)c(N)c1. The fraction of sp³-hybridized carbons (Fsp3) is 0.533. The average Bonchev–Trinajstić information content (AvgIpc) is 2.47. The molecule has 1 atom stereocenters. The van der Waals surface area contributed by atoms with Gasteiger partial charge in [-0.1, -0.05) is 0 Å². The predicted molar refractivity (Wildman–Crippen MR) is 82.3 cm³/mol. The molecular weight excluding hydrogens is 270 g/mol. The maximum atomic E-state index is 12.0. The van der Waals surface area contributed by atoms with Gasteiger partial charge in [0.05, 0.1) is 24.6 Å². The number of nitrogens with one attached hydrogen (secondary N) is 1. The van der Waals surface area contributed by atoms with E-state index in [1.165, 1.54) is 0 Å². The van der Waals surface area contributed by atoms with Crippen molar-refractivity contribution in [1.29, 1.82) is 0 Å². The van der Waals surface area contributed by atoms with Gasteiger partial charge in [0, 0.05) is 25.6 Å². The molecule has 6 heteroatoms. The zero-order valence-corrected chi connectivity index (χ0v) is 12.3. The van der Waals surface area contributed by atoms with Gasteiger partial charge in [0.1, 0.15) is 5.75 Å². The van der Waals surface area contributed by atoms with Crippen LogP contribution in [0.15, 0.2) is 18.2 Å². The monoisotopic (exact) mass is 293 g/mol. The largest absolute Gasteiger partial charge is 0.497 e. The molecule has 4 N–H and O–H groups in total. The summed E-state index contributed by atoms with van der Waals surface area (Å²) in [6.07, 6.45) is 1.95. The second kappa shape index (κ2) is 7.28. The molecule has 0 radical (unpaired) electrons. The van der Waals surface area contributed by atoms with Gasteiger partial charge in [-0.05, 0) is 31.5 Å². The highest BCUT2D eigenvalue weighted by Crippen LogP contribution is 2.24. The number of nitrogens with two attached hydrogens (primary N) is 1. The molecule has 0 aromatic heterocycles. The normalized spacial score (nSPS) is 19.2. The molecule has 2 rings (SSSR count). The number of piperidine rings is 1. The second-order valence-electron chi connectivity index (χ2n) is 5.35. The maximum Gasteiger partial charge on any atom is 0.225 e. The first-order chi connectivity index (χ1) is 10.1. The van der Waals surface area contributed by atoms with Crippen molar-refractivity contribution in [1.82, 2.24) is 4.90 Å². The van der Waals surface area contributed by atoms with Gasteiger partial charge in [-0.25, -0.2) is 0 Å². The Morgan fingerprint density at radius 2 is 2.38 bits per heavy atom. The molecule has 1 amide bonds. The minimum atomic E-state index is -0.265. The highest BCUT2D eigenvalue weighted by Gasteiger charge is 2.18. The number of anilines is 2. The van der Waals surface area contributed by atoms with Crippen molar-refractivity contribution in [3.8, 4) is 5.75 Å². The van der Waals surface area contributed by atoms with Crippen LogP contribution in [0.2, 0.25) is 0 Å². The standard InChI is InChI=1S/C15H23N3O3/c1-21-12-4-5-14(13(16)9-12)17-15(20)6-8-18-7-2-3-11(19)10-18/h4-5,9,11,19H,2-3,6-8,10,16H2,1H3,(H,17,20). The smallest absolute Gasteiger partial charge is 0.225 e. The van der Waals surface area contributed by atoms with Gasteiger partial charge in [-0.2, -0.15) is 0 Å². The lowest BCUT2D eigenvalue weighted by Crippen LogP contribution is -2.39. The molecule has 1 saturated heterocycles. The van der Waals surface area contributed by atoms with Crippen LogP contribution < -0.4 is 15.8 Å². The molecule has 6 nitrogen and oxygen atoms in total. The van der Waals surface area contributed by atoms with Crippen LogP contribution in [0.3, 0.4) is 0 Å². The van der Waals surface area contributed by atoms with Crippen LogP contribution in [0.25, 0.3) is 0 Å². The number of nitrogen functional groups attached to an aromatic ring is 1. The van der Waals surface area contributed by atoms with Crippen LogP contribution in [-0.4, -0.2) is 48.8 Å². The number of likely N-dealkylation sites (tertiary alicyclic amines) is 1. The molecule has 0 aliphatic carbocycles. The van der Waals surface area contributed by atoms with E-state index in [1.54, 1.807) is 25.3 Å².